The van der Waals surface area contributed by atoms with Gasteiger partial charge in [-0.2, -0.15) is 0 Å². The predicted octanol–water partition coefficient (Wildman–Crippen LogP) is -2.89. The molecule has 28 heavy (non-hydrogen) atoms. The minimum Gasteiger partial charge on any atom is -0.472 e. The highest BCUT2D eigenvalue weighted by Gasteiger charge is 2.66. The van der Waals surface area contributed by atoms with Gasteiger partial charge in [-0.15, -0.1) is 0 Å². The van der Waals surface area contributed by atoms with Crippen LogP contribution >= 0.6 is 0 Å². The van der Waals surface area contributed by atoms with Gasteiger partial charge in [0.1, 0.15) is 35.6 Å². The van der Waals surface area contributed by atoms with E-state index in [9.17, 15) is 35.4 Å². The number of hydrogen-bond donors (Lipinski definition) is 6. The number of aliphatic hydroxyl groups excluding tert-OH is 5. The Morgan fingerprint density at radius 2 is 1.86 bits per heavy atom. The van der Waals surface area contributed by atoms with Gasteiger partial charge in [0.2, 0.25) is 6.29 Å². The summed E-state index contributed by atoms with van der Waals surface area (Å²) in [4.78, 5) is 11.6. The normalized spacial score (nSPS) is 50.7. The van der Waals surface area contributed by atoms with E-state index in [1.807, 2.05) is 0 Å². The Bertz CT molecular complexity index is 624. The lowest BCUT2D eigenvalue weighted by atomic mass is 9.81. The number of fused-ring (bicyclic) bond motifs is 1. The number of hydrogen-bond acceptors (Lipinski definition) is 11. The van der Waals surface area contributed by atoms with Gasteiger partial charge < -0.3 is 49.6 Å². The van der Waals surface area contributed by atoms with E-state index in [1.54, 1.807) is 0 Å². The number of carbonyl (C=O) groups is 1. The van der Waals surface area contributed by atoms with Crippen LogP contribution in [0, 0.1) is 5.92 Å². The summed E-state index contributed by atoms with van der Waals surface area (Å²) >= 11 is 0. The first-order valence-electron chi connectivity index (χ1n) is 8.92. The van der Waals surface area contributed by atoms with Gasteiger partial charge in [0.05, 0.1) is 24.9 Å². The molecule has 0 amide bonds. The molecule has 1 saturated carbocycles. The monoisotopic (exact) mass is 406 g/mol. The van der Waals surface area contributed by atoms with E-state index in [-0.39, 0.29) is 6.42 Å². The van der Waals surface area contributed by atoms with E-state index in [2.05, 4.69) is 0 Å². The topological polar surface area (TPSA) is 175 Å². The third kappa shape index (κ3) is 3.42. The molecule has 3 rings (SSSR count). The Labute approximate surface area is 160 Å². The van der Waals surface area contributed by atoms with Crippen LogP contribution in [0.5, 0.6) is 0 Å². The van der Waals surface area contributed by atoms with Gasteiger partial charge in [-0.25, -0.2) is 0 Å². The summed E-state index contributed by atoms with van der Waals surface area (Å²) in [5, 5.41) is 60.6. The van der Waals surface area contributed by atoms with Crippen LogP contribution in [0.15, 0.2) is 12.3 Å². The Balaban J connectivity index is 1.87. The number of aliphatic hydroxyl groups is 6. The van der Waals surface area contributed by atoms with E-state index in [0.29, 0.717) is 0 Å². The van der Waals surface area contributed by atoms with Crippen molar-refractivity contribution < 1.29 is 54.4 Å². The van der Waals surface area contributed by atoms with E-state index in [1.165, 1.54) is 19.9 Å². The van der Waals surface area contributed by atoms with Crippen LogP contribution in [0.1, 0.15) is 20.3 Å². The molecule has 0 spiro atoms. The zero-order valence-corrected chi connectivity index (χ0v) is 15.4. The average Bonchev–Trinajstić information content (AvgIpc) is 2.81. The summed E-state index contributed by atoms with van der Waals surface area (Å²) in [7, 11) is 0. The second kappa shape index (κ2) is 7.50. The Hall–Kier alpha value is -1.31. The molecule has 2 fully saturated rings. The molecule has 10 atom stereocenters. The van der Waals surface area contributed by atoms with Gasteiger partial charge in [0, 0.05) is 13.3 Å². The van der Waals surface area contributed by atoms with E-state index in [4.69, 9.17) is 18.9 Å². The molecule has 0 aromatic rings. The summed E-state index contributed by atoms with van der Waals surface area (Å²) in [6.07, 6.45) is -8.06. The van der Waals surface area contributed by atoms with Crippen LogP contribution in [0.2, 0.25) is 0 Å². The quantitative estimate of drug-likeness (QED) is 0.264. The molecule has 11 nitrogen and oxygen atoms in total. The van der Waals surface area contributed by atoms with Gasteiger partial charge in [0.25, 0.3) is 0 Å². The highest BCUT2D eigenvalue weighted by Crippen LogP contribution is 2.51. The predicted molar refractivity (Wildman–Crippen MR) is 88.1 cm³/mol. The first-order valence-corrected chi connectivity index (χ1v) is 8.92. The molecule has 3 aliphatic rings. The fourth-order valence-corrected chi connectivity index (χ4v) is 4.25. The van der Waals surface area contributed by atoms with Crippen molar-refractivity contribution in [1.29, 1.82) is 0 Å². The van der Waals surface area contributed by atoms with Gasteiger partial charge in [-0.3, -0.25) is 4.79 Å². The highest BCUT2D eigenvalue weighted by atomic mass is 16.8. The zero-order valence-electron chi connectivity index (χ0n) is 15.4. The molecule has 0 aromatic carbocycles. The lowest BCUT2D eigenvalue weighted by Crippen LogP contribution is -2.62. The first-order chi connectivity index (χ1) is 13.0. The lowest BCUT2D eigenvalue weighted by molar-refractivity contribution is -0.351. The number of esters is 1. The molecule has 0 radical (unpaired) electrons. The second-order valence-electron chi connectivity index (χ2n) is 7.63. The van der Waals surface area contributed by atoms with Crippen LogP contribution in [0.25, 0.3) is 0 Å². The minimum atomic E-state index is -1.85. The van der Waals surface area contributed by atoms with Crippen molar-refractivity contribution in [2.45, 2.75) is 74.6 Å². The molecule has 11 heteroatoms. The average molecular weight is 406 g/mol. The maximum absolute atomic E-state index is 11.6. The number of rotatable bonds is 4. The van der Waals surface area contributed by atoms with E-state index >= 15 is 0 Å². The Kier molecular flexibility index (Phi) is 5.73. The van der Waals surface area contributed by atoms with Crippen molar-refractivity contribution in [3.63, 3.8) is 0 Å². The summed E-state index contributed by atoms with van der Waals surface area (Å²) in [5.74, 6) is -1.74. The number of carbonyl (C=O) groups excluding carboxylic acids is 1. The van der Waals surface area contributed by atoms with Crippen molar-refractivity contribution in [1.82, 2.24) is 0 Å². The van der Waals surface area contributed by atoms with Gasteiger partial charge in [0.15, 0.2) is 6.29 Å². The maximum Gasteiger partial charge on any atom is 0.303 e. The summed E-state index contributed by atoms with van der Waals surface area (Å²) in [6, 6.07) is 0. The second-order valence-corrected chi connectivity index (χ2v) is 7.63. The van der Waals surface area contributed by atoms with Crippen molar-refractivity contribution in [2.75, 3.05) is 6.61 Å². The van der Waals surface area contributed by atoms with Crippen LogP contribution in [-0.2, 0) is 23.7 Å². The fourth-order valence-electron chi connectivity index (χ4n) is 4.25. The molecule has 0 bridgehead atoms. The van der Waals surface area contributed by atoms with Crippen molar-refractivity contribution in [2.24, 2.45) is 5.92 Å². The van der Waals surface area contributed by atoms with Crippen LogP contribution < -0.4 is 0 Å². The molecular weight excluding hydrogens is 380 g/mol. The first kappa shape index (κ1) is 21.4. The molecule has 1 aliphatic carbocycles. The molecular formula is C17H26O11. The smallest absolute Gasteiger partial charge is 0.303 e. The standard InChI is InChI=1S/C17H26O11/c1-7(19)28-16(2)5-9(20)17(24)3-4-25-15(13(16)17)27-14-12(23)11(22)10(21)8(6-18)26-14/h3-4,8-15,18,20-24H,5-6H2,1-2H3/t8-,9?,10-,11+,12-,13-,14+,15+,16+,17-/m1/s1. The van der Waals surface area contributed by atoms with E-state index in [0.717, 1.165) is 6.26 Å². The fraction of sp³-hybridized carbons (Fsp3) is 0.824. The summed E-state index contributed by atoms with van der Waals surface area (Å²) in [5.41, 5.74) is -3.22. The third-order valence-electron chi connectivity index (χ3n) is 5.60. The van der Waals surface area contributed by atoms with Crippen molar-refractivity contribution >= 4 is 5.97 Å². The van der Waals surface area contributed by atoms with Gasteiger partial charge >= 0.3 is 5.97 Å². The minimum absolute atomic E-state index is 0.101. The van der Waals surface area contributed by atoms with Gasteiger partial charge in [-0.05, 0) is 13.0 Å². The molecule has 2 heterocycles. The van der Waals surface area contributed by atoms with Crippen LogP contribution in [0.3, 0.4) is 0 Å². The van der Waals surface area contributed by atoms with Gasteiger partial charge in [-0.1, -0.05) is 0 Å². The van der Waals surface area contributed by atoms with E-state index < -0.39 is 72.8 Å². The third-order valence-corrected chi connectivity index (χ3v) is 5.60. The van der Waals surface area contributed by atoms with Crippen LogP contribution in [0.4, 0.5) is 0 Å². The summed E-state index contributed by atoms with van der Waals surface area (Å²) < 4.78 is 21.7. The lowest BCUT2D eigenvalue weighted by Gasteiger charge is -2.45. The SMILES string of the molecule is CC(=O)O[C@@]1(C)CC(O)[C@]2(O)C=CO[C@@H](O[C@@H]3O[C@H](CO)[C@@H](O)[C@H](O)[C@H]3O)[C@@H]21. The maximum atomic E-state index is 11.6. The van der Waals surface area contributed by atoms with Crippen LogP contribution in [-0.4, -0.2) is 97.5 Å². The zero-order chi connectivity index (χ0) is 20.9. The number of ether oxygens (including phenoxy) is 4. The molecule has 1 unspecified atom stereocenters. The Morgan fingerprint density at radius 3 is 2.46 bits per heavy atom. The molecule has 6 N–H and O–H groups in total. The molecule has 2 aliphatic heterocycles. The highest BCUT2D eigenvalue weighted by molar-refractivity contribution is 5.66. The largest absolute Gasteiger partial charge is 0.472 e. The van der Waals surface area contributed by atoms with Crippen molar-refractivity contribution in [3.8, 4) is 0 Å². The molecule has 160 valence electrons. The van der Waals surface area contributed by atoms with Crippen molar-refractivity contribution in [3.05, 3.63) is 12.3 Å². The molecule has 0 aromatic heterocycles. The molecule has 1 saturated heterocycles. The Morgan fingerprint density at radius 1 is 1.18 bits per heavy atom. The summed E-state index contributed by atoms with van der Waals surface area (Å²) in [6.45, 7) is 2.04.